The highest BCUT2D eigenvalue weighted by Gasteiger charge is 2.13. The van der Waals surface area contributed by atoms with Crippen molar-refractivity contribution in [1.29, 1.82) is 0 Å². The number of hydrogen-bond donors (Lipinski definition) is 1. The van der Waals surface area contributed by atoms with Gasteiger partial charge in [-0.15, -0.1) is 0 Å². The summed E-state index contributed by atoms with van der Waals surface area (Å²) in [7, 11) is 0. The van der Waals surface area contributed by atoms with Gasteiger partial charge in [0.05, 0.1) is 6.61 Å². The van der Waals surface area contributed by atoms with Crippen LogP contribution in [0.3, 0.4) is 0 Å². The first-order valence-corrected chi connectivity index (χ1v) is 5.71. The number of hydrogen-bond acceptors (Lipinski definition) is 3. The highest BCUT2D eigenvalue weighted by Crippen LogP contribution is 2.26. The standard InChI is InChI=1S/C13H16O3/c14-7-1-4-12(15)10-5-6-13-11(9-10)3-2-8-16-13/h5-6,9,14H,1-4,7-8H2. The molecule has 1 aliphatic rings. The monoisotopic (exact) mass is 220 g/mol. The molecule has 1 aliphatic heterocycles. The van der Waals surface area contributed by atoms with Crippen LogP contribution in [0.1, 0.15) is 35.2 Å². The topological polar surface area (TPSA) is 46.5 Å². The fraction of sp³-hybridized carbons (Fsp3) is 0.462. The van der Waals surface area contributed by atoms with Gasteiger partial charge in [-0.05, 0) is 43.0 Å². The lowest BCUT2D eigenvalue weighted by molar-refractivity contribution is 0.0971. The number of aryl methyl sites for hydroxylation is 1. The van der Waals surface area contributed by atoms with Crippen molar-refractivity contribution < 1.29 is 14.6 Å². The van der Waals surface area contributed by atoms with E-state index in [2.05, 4.69) is 0 Å². The normalized spacial score (nSPS) is 14.1. The smallest absolute Gasteiger partial charge is 0.162 e. The van der Waals surface area contributed by atoms with Crippen molar-refractivity contribution >= 4 is 5.78 Å². The van der Waals surface area contributed by atoms with Crippen LogP contribution in [0.5, 0.6) is 5.75 Å². The zero-order valence-corrected chi connectivity index (χ0v) is 9.24. The zero-order chi connectivity index (χ0) is 11.4. The van der Waals surface area contributed by atoms with Crippen molar-refractivity contribution in [2.24, 2.45) is 0 Å². The van der Waals surface area contributed by atoms with Gasteiger partial charge in [0, 0.05) is 18.6 Å². The highest BCUT2D eigenvalue weighted by atomic mass is 16.5. The molecule has 1 aromatic rings. The third kappa shape index (κ3) is 2.42. The lowest BCUT2D eigenvalue weighted by Crippen LogP contribution is -2.10. The summed E-state index contributed by atoms with van der Waals surface area (Å²) in [5.74, 6) is 1.01. The molecule has 16 heavy (non-hydrogen) atoms. The molecule has 3 nitrogen and oxygen atoms in total. The molecule has 0 aliphatic carbocycles. The summed E-state index contributed by atoms with van der Waals surface area (Å²) in [5, 5.41) is 8.68. The number of carbonyl (C=O) groups is 1. The van der Waals surface area contributed by atoms with Gasteiger partial charge in [0.15, 0.2) is 5.78 Å². The van der Waals surface area contributed by atoms with Gasteiger partial charge in [-0.3, -0.25) is 4.79 Å². The second-order valence-corrected chi connectivity index (χ2v) is 4.02. The van der Waals surface area contributed by atoms with Crippen LogP contribution in [0.4, 0.5) is 0 Å². The third-order valence-corrected chi connectivity index (χ3v) is 2.79. The molecule has 1 aromatic carbocycles. The molecule has 1 heterocycles. The first-order chi connectivity index (χ1) is 7.81. The van der Waals surface area contributed by atoms with Gasteiger partial charge in [-0.1, -0.05) is 0 Å². The molecule has 1 N–H and O–H groups in total. The largest absolute Gasteiger partial charge is 0.493 e. The number of fused-ring (bicyclic) bond motifs is 1. The van der Waals surface area contributed by atoms with Crippen LogP contribution in [0.25, 0.3) is 0 Å². The quantitative estimate of drug-likeness (QED) is 0.789. The summed E-state index contributed by atoms with van der Waals surface area (Å²) >= 11 is 0. The van der Waals surface area contributed by atoms with Gasteiger partial charge < -0.3 is 9.84 Å². The molecule has 0 spiro atoms. The Kier molecular flexibility index (Phi) is 3.57. The van der Waals surface area contributed by atoms with E-state index in [4.69, 9.17) is 9.84 Å². The minimum Gasteiger partial charge on any atom is -0.493 e. The Morgan fingerprint density at radius 3 is 3.12 bits per heavy atom. The molecule has 2 rings (SSSR count). The second kappa shape index (κ2) is 5.12. The van der Waals surface area contributed by atoms with Crippen LogP contribution in [-0.4, -0.2) is 24.1 Å². The molecule has 0 radical (unpaired) electrons. The second-order valence-electron chi connectivity index (χ2n) is 4.02. The van der Waals surface area contributed by atoms with Gasteiger partial charge in [-0.25, -0.2) is 0 Å². The van der Waals surface area contributed by atoms with E-state index in [9.17, 15) is 4.79 Å². The van der Waals surface area contributed by atoms with Crippen molar-refractivity contribution in [3.63, 3.8) is 0 Å². The molecule has 0 fully saturated rings. The van der Waals surface area contributed by atoms with Gasteiger partial charge in [0.1, 0.15) is 5.75 Å². The molecule has 3 heteroatoms. The van der Waals surface area contributed by atoms with E-state index in [1.165, 1.54) is 0 Å². The van der Waals surface area contributed by atoms with Crippen LogP contribution in [-0.2, 0) is 6.42 Å². The molecule has 0 saturated carbocycles. The summed E-state index contributed by atoms with van der Waals surface area (Å²) < 4.78 is 5.49. The van der Waals surface area contributed by atoms with E-state index in [1.807, 2.05) is 18.2 Å². The minimum atomic E-state index is 0.0692. The van der Waals surface area contributed by atoms with Crippen LogP contribution < -0.4 is 4.74 Å². The van der Waals surface area contributed by atoms with E-state index in [1.54, 1.807) is 0 Å². The number of aliphatic hydroxyl groups excluding tert-OH is 1. The van der Waals surface area contributed by atoms with Crippen LogP contribution in [0, 0.1) is 0 Å². The minimum absolute atomic E-state index is 0.0692. The molecule has 0 unspecified atom stereocenters. The number of carbonyl (C=O) groups excluding carboxylic acids is 1. The number of aliphatic hydroxyl groups is 1. The highest BCUT2D eigenvalue weighted by molar-refractivity contribution is 5.96. The molecular formula is C13H16O3. The van der Waals surface area contributed by atoms with Crippen molar-refractivity contribution in [2.45, 2.75) is 25.7 Å². The lowest BCUT2D eigenvalue weighted by atomic mass is 10.00. The summed E-state index contributed by atoms with van der Waals surface area (Å²) in [6, 6.07) is 5.61. The Labute approximate surface area is 95.0 Å². The molecule has 0 amide bonds. The molecule has 86 valence electrons. The summed E-state index contributed by atoms with van der Waals surface area (Å²) in [4.78, 5) is 11.7. The Bertz CT molecular complexity index is 385. The number of ketones is 1. The molecule has 0 atom stereocenters. The molecule has 0 saturated heterocycles. The number of benzene rings is 1. The van der Waals surface area contributed by atoms with Crippen LogP contribution >= 0.6 is 0 Å². The number of ether oxygens (including phenoxy) is 1. The Morgan fingerprint density at radius 1 is 1.44 bits per heavy atom. The first-order valence-electron chi connectivity index (χ1n) is 5.71. The molecular weight excluding hydrogens is 204 g/mol. The average molecular weight is 220 g/mol. The van der Waals surface area contributed by atoms with Crippen LogP contribution in [0.2, 0.25) is 0 Å². The Morgan fingerprint density at radius 2 is 2.31 bits per heavy atom. The summed E-state index contributed by atoms with van der Waals surface area (Å²) in [5.41, 5.74) is 1.86. The van der Waals surface area contributed by atoms with Crippen LogP contribution in [0.15, 0.2) is 18.2 Å². The summed E-state index contributed by atoms with van der Waals surface area (Å²) in [6.07, 6.45) is 2.94. The number of rotatable bonds is 4. The zero-order valence-electron chi connectivity index (χ0n) is 9.24. The van der Waals surface area contributed by atoms with Gasteiger partial charge >= 0.3 is 0 Å². The first kappa shape index (κ1) is 11.1. The van der Waals surface area contributed by atoms with E-state index in [0.29, 0.717) is 12.8 Å². The average Bonchev–Trinajstić information content (AvgIpc) is 2.35. The Hall–Kier alpha value is -1.35. The van der Waals surface area contributed by atoms with Gasteiger partial charge in [-0.2, -0.15) is 0 Å². The van der Waals surface area contributed by atoms with E-state index >= 15 is 0 Å². The van der Waals surface area contributed by atoms with Crippen molar-refractivity contribution in [1.82, 2.24) is 0 Å². The summed E-state index contributed by atoms with van der Waals surface area (Å²) in [6.45, 7) is 0.838. The van der Waals surface area contributed by atoms with Gasteiger partial charge in [0.25, 0.3) is 0 Å². The predicted molar refractivity (Wildman–Crippen MR) is 60.9 cm³/mol. The third-order valence-electron chi connectivity index (χ3n) is 2.79. The fourth-order valence-electron chi connectivity index (χ4n) is 1.92. The fourth-order valence-corrected chi connectivity index (χ4v) is 1.92. The molecule has 0 bridgehead atoms. The maximum absolute atomic E-state index is 11.7. The maximum atomic E-state index is 11.7. The van der Waals surface area contributed by atoms with Crippen molar-refractivity contribution in [3.05, 3.63) is 29.3 Å². The predicted octanol–water partition coefficient (Wildman–Crippen LogP) is 1.97. The van der Waals surface area contributed by atoms with E-state index in [0.717, 1.165) is 36.3 Å². The Balaban J connectivity index is 2.13. The lowest BCUT2D eigenvalue weighted by Gasteiger charge is -2.17. The molecule has 0 aromatic heterocycles. The van der Waals surface area contributed by atoms with Gasteiger partial charge in [0.2, 0.25) is 0 Å². The number of Topliss-reactive ketones (excluding diaryl/α,β-unsaturated/α-hetero) is 1. The van der Waals surface area contributed by atoms with Crippen molar-refractivity contribution in [2.75, 3.05) is 13.2 Å². The van der Waals surface area contributed by atoms with Crippen molar-refractivity contribution in [3.8, 4) is 5.75 Å². The maximum Gasteiger partial charge on any atom is 0.162 e. The van der Waals surface area contributed by atoms with E-state index < -0.39 is 0 Å². The SMILES string of the molecule is O=C(CCCO)c1ccc2c(c1)CCCO2. The van der Waals surface area contributed by atoms with E-state index in [-0.39, 0.29) is 12.4 Å².